The van der Waals surface area contributed by atoms with Crippen LogP contribution in [0.4, 0.5) is 5.69 Å². The van der Waals surface area contributed by atoms with Gasteiger partial charge in [-0.15, -0.1) is 0 Å². The Morgan fingerprint density at radius 3 is 2.56 bits per heavy atom. The number of nitrogens with zero attached hydrogens (tertiary/aromatic N) is 1. The van der Waals surface area contributed by atoms with Gasteiger partial charge in [0.25, 0.3) is 0 Å². The Hall–Kier alpha value is -1.35. The van der Waals surface area contributed by atoms with Crippen molar-refractivity contribution in [1.29, 1.82) is 0 Å². The summed E-state index contributed by atoms with van der Waals surface area (Å²) in [6, 6.07) is 8.00. The molecule has 0 fully saturated rings. The molecule has 0 radical (unpaired) electrons. The van der Waals surface area contributed by atoms with Crippen molar-refractivity contribution < 1.29 is 4.79 Å². The summed E-state index contributed by atoms with van der Waals surface area (Å²) in [4.78, 5) is 13.3. The molecule has 0 heterocycles. The summed E-state index contributed by atoms with van der Waals surface area (Å²) < 4.78 is 0. The molecule has 0 aliphatic carbocycles. The summed E-state index contributed by atoms with van der Waals surface area (Å²) in [6.45, 7) is 8.85. The van der Waals surface area contributed by atoms with Gasteiger partial charge in [0.05, 0.1) is 0 Å². The van der Waals surface area contributed by atoms with Gasteiger partial charge in [0.1, 0.15) is 0 Å². The fourth-order valence-corrected chi connectivity index (χ4v) is 1.66. The summed E-state index contributed by atoms with van der Waals surface area (Å²) in [7, 11) is 0. The lowest BCUT2D eigenvalue weighted by molar-refractivity contribution is -0.114. The molecule has 0 atom stereocenters. The lowest BCUT2D eigenvalue weighted by atomic mass is 10.2. The highest BCUT2D eigenvalue weighted by Gasteiger charge is 2.02. The number of amides is 1. The SMILES string of the molecule is CCN(CC)Cc1cccc(NC(C)=O)c1. The summed E-state index contributed by atoms with van der Waals surface area (Å²) >= 11 is 0. The zero-order valence-corrected chi connectivity index (χ0v) is 10.3. The van der Waals surface area contributed by atoms with Gasteiger partial charge in [0, 0.05) is 19.2 Å². The van der Waals surface area contributed by atoms with Gasteiger partial charge in [0.2, 0.25) is 5.91 Å². The highest BCUT2D eigenvalue weighted by atomic mass is 16.1. The number of hydrogen-bond acceptors (Lipinski definition) is 2. The number of carbonyl (C=O) groups excluding carboxylic acids is 1. The monoisotopic (exact) mass is 220 g/mol. The third kappa shape index (κ3) is 4.03. The minimum atomic E-state index is -0.0278. The molecule has 1 aromatic rings. The van der Waals surface area contributed by atoms with Crippen LogP contribution in [0, 0.1) is 0 Å². The van der Waals surface area contributed by atoms with E-state index < -0.39 is 0 Å². The van der Waals surface area contributed by atoms with E-state index in [-0.39, 0.29) is 5.91 Å². The second-order valence-corrected chi connectivity index (χ2v) is 3.84. The van der Waals surface area contributed by atoms with E-state index in [0.29, 0.717) is 0 Å². The Balaban J connectivity index is 2.70. The summed E-state index contributed by atoms with van der Waals surface area (Å²) in [5, 5.41) is 2.80. The maximum Gasteiger partial charge on any atom is 0.221 e. The normalized spacial score (nSPS) is 10.5. The second kappa shape index (κ2) is 6.28. The van der Waals surface area contributed by atoms with Crippen LogP contribution in [0.2, 0.25) is 0 Å². The minimum absolute atomic E-state index is 0.0278. The van der Waals surface area contributed by atoms with Crippen LogP contribution in [0.25, 0.3) is 0 Å². The van der Waals surface area contributed by atoms with Gasteiger partial charge < -0.3 is 5.32 Å². The first-order chi connectivity index (χ1) is 7.65. The standard InChI is InChI=1S/C13H20N2O/c1-4-15(5-2)10-12-7-6-8-13(9-12)14-11(3)16/h6-9H,4-5,10H2,1-3H3,(H,14,16). The molecule has 0 aliphatic heterocycles. The number of anilines is 1. The Labute approximate surface area is 97.5 Å². The van der Waals surface area contributed by atoms with Gasteiger partial charge in [-0.1, -0.05) is 26.0 Å². The van der Waals surface area contributed by atoms with Crippen LogP contribution in [-0.4, -0.2) is 23.9 Å². The minimum Gasteiger partial charge on any atom is -0.326 e. The molecule has 0 spiro atoms. The largest absolute Gasteiger partial charge is 0.326 e. The van der Waals surface area contributed by atoms with Gasteiger partial charge in [-0.2, -0.15) is 0 Å². The Kier molecular flexibility index (Phi) is 4.99. The Bertz CT molecular complexity index is 346. The third-order valence-corrected chi connectivity index (χ3v) is 2.55. The zero-order valence-electron chi connectivity index (χ0n) is 10.3. The van der Waals surface area contributed by atoms with E-state index in [9.17, 15) is 4.79 Å². The van der Waals surface area contributed by atoms with Crippen LogP contribution in [0.1, 0.15) is 26.3 Å². The first-order valence-corrected chi connectivity index (χ1v) is 5.74. The average Bonchev–Trinajstić information content (AvgIpc) is 2.25. The summed E-state index contributed by atoms with van der Waals surface area (Å²) in [5.41, 5.74) is 2.10. The lowest BCUT2D eigenvalue weighted by Gasteiger charge is -2.18. The first kappa shape index (κ1) is 12.7. The average molecular weight is 220 g/mol. The van der Waals surface area contributed by atoms with Crippen LogP contribution in [-0.2, 0) is 11.3 Å². The molecule has 1 aromatic carbocycles. The van der Waals surface area contributed by atoms with Gasteiger partial charge in [-0.3, -0.25) is 9.69 Å². The van der Waals surface area contributed by atoms with Crippen molar-refractivity contribution in [1.82, 2.24) is 4.90 Å². The van der Waals surface area contributed by atoms with Crippen molar-refractivity contribution >= 4 is 11.6 Å². The fraction of sp³-hybridized carbons (Fsp3) is 0.462. The number of benzene rings is 1. The molecule has 16 heavy (non-hydrogen) atoms. The first-order valence-electron chi connectivity index (χ1n) is 5.74. The van der Waals surface area contributed by atoms with Gasteiger partial charge in [-0.25, -0.2) is 0 Å². The molecule has 3 nitrogen and oxygen atoms in total. The molecule has 0 unspecified atom stereocenters. The molecular weight excluding hydrogens is 200 g/mol. The predicted molar refractivity (Wildman–Crippen MR) is 67.4 cm³/mol. The summed E-state index contributed by atoms with van der Waals surface area (Å²) in [5.74, 6) is -0.0278. The van der Waals surface area contributed by atoms with Gasteiger partial charge in [-0.05, 0) is 30.8 Å². The maximum absolute atomic E-state index is 10.9. The van der Waals surface area contributed by atoms with E-state index in [0.717, 1.165) is 25.3 Å². The van der Waals surface area contributed by atoms with Gasteiger partial charge >= 0.3 is 0 Å². The number of nitrogens with one attached hydrogen (secondary N) is 1. The van der Waals surface area contributed by atoms with E-state index in [4.69, 9.17) is 0 Å². The van der Waals surface area contributed by atoms with Crippen molar-refractivity contribution in [2.45, 2.75) is 27.3 Å². The zero-order chi connectivity index (χ0) is 12.0. The lowest BCUT2D eigenvalue weighted by Crippen LogP contribution is -2.22. The number of hydrogen-bond donors (Lipinski definition) is 1. The molecule has 0 aliphatic rings. The van der Waals surface area contributed by atoms with Crippen molar-refractivity contribution in [2.75, 3.05) is 18.4 Å². The van der Waals surface area contributed by atoms with Crippen molar-refractivity contribution in [3.8, 4) is 0 Å². The van der Waals surface area contributed by atoms with E-state index in [1.54, 1.807) is 0 Å². The van der Waals surface area contributed by atoms with Crippen molar-refractivity contribution in [2.24, 2.45) is 0 Å². The highest BCUT2D eigenvalue weighted by Crippen LogP contribution is 2.12. The van der Waals surface area contributed by atoms with Crippen LogP contribution in [0.15, 0.2) is 24.3 Å². The third-order valence-electron chi connectivity index (χ3n) is 2.55. The van der Waals surface area contributed by atoms with Crippen LogP contribution in [0.3, 0.4) is 0 Å². The van der Waals surface area contributed by atoms with E-state index >= 15 is 0 Å². The molecule has 88 valence electrons. The summed E-state index contributed by atoms with van der Waals surface area (Å²) in [6.07, 6.45) is 0. The van der Waals surface area contributed by atoms with E-state index in [2.05, 4.69) is 30.1 Å². The maximum atomic E-state index is 10.9. The van der Waals surface area contributed by atoms with Crippen LogP contribution in [0.5, 0.6) is 0 Å². The molecule has 1 rings (SSSR count). The van der Waals surface area contributed by atoms with E-state index in [1.165, 1.54) is 12.5 Å². The number of carbonyl (C=O) groups is 1. The highest BCUT2D eigenvalue weighted by molar-refractivity contribution is 5.88. The molecule has 1 amide bonds. The molecule has 0 saturated carbocycles. The van der Waals surface area contributed by atoms with Crippen LogP contribution >= 0.6 is 0 Å². The second-order valence-electron chi connectivity index (χ2n) is 3.84. The van der Waals surface area contributed by atoms with Gasteiger partial charge in [0.15, 0.2) is 0 Å². The quantitative estimate of drug-likeness (QED) is 0.826. The Morgan fingerprint density at radius 2 is 2.00 bits per heavy atom. The van der Waals surface area contributed by atoms with E-state index in [1.807, 2.05) is 18.2 Å². The smallest absolute Gasteiger partial charge is 0.221 e. The predicted octanol–water partition coefficient (Wildman–Crippen LogP) is 2.49. The molecular formula is C13H20N2O. The molecule has 0 saturated heterocycles. The molecule has 0 bridgehead atoms. The molecule has 1 N–H and O–H groups in total. The molecule has 3 heteroatoms. The Morgan fingerprint density at radius 1 is 1.31 bits per heavy atom. The van der Waals surface area contributed by atoms with Crippen LogP contribution < -0.4 is 5.32 Å². The fourth-order valence-electron chi connectivity index (χ4n) is 1.66. The molecule has 0 aromatic heterocycles. The number of rotatable bonds is 5. The topological polar surface area (TPSA) is 32.3 Å². The van der Waals surface area contributed by atoms with Crippen molar-refractivity contribution in [3.63, 3.8) is 0 Å². The van der Waals surface area contributed by atoms with Crippen molar-refractivity contribution in [3.05, 3.63) is 29.8 Å².